The van der Waals surface area contributed by atoms with Gasteiger partial charge in [-0.15, -0.1) is 11.3 Å². The van der Waals surface area contributed by atoms with Gasteiger partial charge in [-0.2, -0.15) is 9.78 Å². The molecule has 0 saturated carbocycles. The molecule has 0 aliphatic rings. The van der Waals surface area contributed by atoms with Crippen LogP contribution < -0.4 is 10.9 Å². The molecular weight excluding hydrogens is 425 g/mol. The van der Waals surface area contributed by atoms with Gasteiger partial charge in [0.1, 0.15) is 22.2 Å². The Morgan fingerprint density at radius 2 is 2.06 bits per heavy atom. The van der Waals surface area contributed by atoms with Gasteiger partial charge in [-0.25, -0.2) is 14.2 Å². The number of ether oxygens (including phenoxy) is 1. The molecule has 1 amide bonds. The molecule has 4 rings (SSSR count). The van der Waals surface area contributed by atoms with Crippen molar-refractivity contribution < 1.29 is 18.7 Å². The van der Waals surface area contributed by atoms with Gasteiger partial charge in [0.15, 0.2) is 5.69 Å². The molecule has 0 saturated heterocycles. The number of carbonyl (C=O) groups is 2. The van der Waals surface area contributed by atoms with Gasteiger partial charge < -0.3 is 10.1 Å². The molecule has 1 N–H and O–H groups in total. The van der Waals surface area contributed by atoms with Gasteiger partial charge in [-0.3, -0.25) is 14.6 Å². The fraction of sp³-hybridized carbons (Fsp3) is 0.100. The molecule has 0 unspecified atom stereocenters. The standard InChI is InChI=1S/C20H14FN5O4S/c1-2-30-20(29)16-11-10-31-18(24-17(27)13-9-22-7-8-23-13)15(11)19(28)26(25-16)14-6-4-3-5-12(14)21/h3-10H,2H2,1H3,(H,24,27). The number of fused-ring (bicyclic) bond motifs is 1. The lowest BCUT2D eigenvalue weighted by Gasteiger charge is -2.10. The predicted octanol–water partition coefficient (Wildman–Crippen LogP) is 2.81. The highest BCUT2D eigenvalue weighted by Crippen LogP contribution is 2.31. The number of nitrogens with zero attached hydrogens (tertiary/aromatic N) is 4. The van der Waals surface area contributed by atoms with Crippen LogP contribution in [0.1, 0.15) is 27.9 Å². The summed E-state index contributed by atoms with van der Waals surface area (Å²) in [7, 11) is 0. The minimum atomic E-state index is -0.776. The van der Waals surface area contributed by atoms with E-state index in [1.165, 1.54) is 48.2 Å². The van der Waals surface area contributed by atoms with Gasteiger partial charge in [0.25, 0.3) is 11.5 Å². The molecule has 11 heteroatoms. The number of carbonyl (C=O) groups excluding carboxylic acids is 2. The van der Waals surface area contributed by atoms with Gasteiger partial charge in [0.05, 0.1) is 18.2 Å². The van der Waals surface area contributed by atoms with Crippen molar-refractivity contribution in [3.8, 4) is 5.69 Å². The molecule has 9 nitrogen and oxygen atoms in total. The van der Waals surface area contributed by atoms with Crippen LogP contribution in [0.15, 0.2) is 53.0 Å². The van der Waals surface area contributed by atoms with Crippen LogP contribution in [-0.4, -0.2) is 38.2 Å². The minimum Gasteiger partial charge on any atom is -0.461 e. The Morgan fingerprint density at radius 1 is 1.26 bits per heavy atom. The summed E-state index contributed by atoms with van der Waals surface area (Å²) in [6, 6.07) is 5.52. The topological polar surface area (TPSA) is 116 Å². The molecule has 0 atom stereocenters. The van der Waals surface area contributed by atoms with E-state index in [4.69, 9.17) is 4.74 Å². The number of thiophene rings is 1. The number of amides is 1. The zero-order chi connectivity index (χ0) is 22.0. The average molecular weight is 439 g/mol. The summed E-state index contributed by atoms with van der Waals surface area (Å²) in [5, 5.41) is 8.53. The molecule has 0 bridgehead atoms. The molecule has 31 heavy (non-hydrogen) atoms. The van der Waals surface area contributed by atoms with Crippen LogP contribution in [0, 0.1) is 5.82 Å². The van der Waals surface area contributed by atoms with Gasteiger partial charge in [0.2, 0.25) is 0 Å². The molecule has 1 aromatic carbocycles. The van der Waals surface area contributed by atoms with E-state index in [1.807, 2.05) is 0 Å². The fourth-order valence-corrected chi connectivity index (χ4v) is 3.79. The second kappa shape index (κ2) is 8.40. The Kier molecular flexibility index (Phi) is 5.50. The van der Waals surface area contributed by atoms with Gasteiger partial charge in [-0.1, -0.05) is 12.1 Å². The van der Waals surface area contributed by atoms with Gasteiger partial charge >= 0.3 is 5.97 Å². The molecule has 0 aliphatic heterocycles. The van der Waals surface area contributed by atoms with E-state index in [0.29, 0.717) is 0 Å². The highest BCUT2D eigenvalue weighted by atomic mass is 32.1. The molecule has 0 aliphatic carbocycles. The lowest BCUT2D eigenvalue weighted by Crippen LogP contribution is -2.26. The van der Waals surface area contributed by atoms with Crippen LogP contribution >= 0.6 is 11.3 Å². The summed E-state index contributed by atoms with van der Waals surface area (Å²) in [6.07, 6.45) is 4.05. The summed E-state index contributed by atoms with van der Waals surface area (Å²) >= 11 is 1.02. The van der Waals surface area contributed by atoms with Crippen LogP contribution in [0.4, 0.5) is 9.39 Å². The largest absolute Gasteiger partial charge is 0.461 e. The Bertz CT molecular complexity index is 1350. The Balaban J connectivity index is 1.92. The quantitative estimate of drug-likeness (QED) is 0.475. The zero-order valence-electron chi connectivity index (χ0n) is 16.0. The first-order valence-electron chi connectivity index (χ1n) is 9.05. The van der Waals surface area contributed by atoms with Crippen molar-refractivity contribution in [2.45, 2.75) is 6.92 Å². The third kappa shape index (κ3) is 3.78. The average Bonchev–Trinajstić information content (AvgIpc) is 3.19. The zero-order valence-corrected chi connectivity index (χ0v) is 16.9. The smallest absolute Gasteiger partial charge is 0.359 e. The highest BCUT2D eigenvalue weighted by Gasteiger charge is 2.24. The number of hydrogen-bond acceptors (Lipinski definition) is 8. The Labute approximate surface area is 178 Å². The fourth-order valence-electron chi connectivity index (χ4n) is 2.86. The maximum Gasteiger partial charge on any atom is 0.359 e. The first-order valence-corrected chi connectivity index (χ1v) is 9.93. The number of anilines is 1. The van der Waals surface area contributed by atoms with Crippen molar-refractivity contribution in [1.29, 1.82) is 0 Å². The summed E-state index contributed by atoms with van der Waals surface area (Å²) in [6.45, 7) is 1.71. The number of halogens is 1. The highest BCUT2D eigenvalue weighted by molar-refractivity contribution is 7.16. The third-order valence-electron chi connectivity index (χ3n) is 4.22. The van der Waals surface area contributed by atoms with Crippen LogP contribution in [-0.2, 0) is 4.74 Å². The molecule has 0 fully saturated rings. The first-order chi connectivity index (χ1) is 15.0. The molecule has 0 radical (unpaired) electrons. The van der Waals surface area contributed by atoms with E-state index >= 15 is 0 Å². The number of para-hydroxylation sites is 1. The molecular formula is C20H14FN5O4S. The van der Waals surface area contributed by atoms with Crippen LogP contribution in [0.25, 0.3) is 16.5 Å². The van der Waals surface area contributed by atoms with E-state index in [0.717, 1.165) is 16.0 Å². The second-order valence-electron chi connectivity index (χ2n) is 6.14. The number of rotatable bonds is 5. The minimum absolute atomic E-state index is 0.00328. The third-order valence-corrected chi connectivity index (χ3v) is 5.12. The van der Waals surface area contributed by atoms with Crippen molar-refractivity contribution in [3.63, 3.8) is 0 Å². The number of esters is 1. The number of hydrogen-bond donors (Lipinski definition) is 1. The van der Waals surface area contributed by atoms with E-state index in [9.17, 15) is 18.8 Å². The van der Waals surface area contributed by atoms with E-state index in [-0.39, 0.29) is 39.5 Å². The Morgan fingerprint density at radius 3 is 2.77 bits per heavy atom. The maximum absolute atomic E-state index is 14.4. The molecule has 3 heterocycles. The number of aromatic nitrogens is 4. The van der Waals surface area contributed by atoms with Gasteiger partial charge in [0, 0.05) is 23.2 Å². The maximum atomic E-state index is 14.4. The first kappa shape index (κ1) is 20.3. The van der Waals surface area contributed by atoms with Crippen LogP contribution in [0.2, 0.25) is 0 Å². The summed E-state index contributed by atoms with van der Waals surface area (Å²) in [5.41, 5.74) is -0.977. The van der Waals surface area contributed by atoms with Gasteiger partial charge in [-0.05, 0) is 19.1 Å². The number of nitrogens with one attached hydrogen (secondary N) is 1. The summed E-state index contributed by atoms with van der Waals surface area (Å²) in [5.74, 6) is -2.07. The molecule has 4 aromatic rings. The van der Waals surface area contributed by atoms with Crippen molar-refractivity contribution in [2.24, 2.45) is 0 Å². The summed E-state index contributed by atoms with van der Waals surface area (Å²) < 4.78 is 20.2. The van der Waals surface area contributed by atoms with Crippen molar-refractivity contribution in [3.05, 3.63) is 75.8 Å². The molecule has 3 aromatic heterocycles. The van der Waals surface area contributed by atoms with Crippen molar-refractivity contribution in [1.82, 2.24) is 19.7 Å². The van der Waals surface area contributed by atoms with E-state index < -0.39 is 23.3 Å². The van der Waals surface area contributed by atoms with Crippen molar-refractivity contribution in [2.75, 3.05) is 11.9 Å². The van der Waals surface area contributed by atoms with Crippen LogP contribution in [0.3, 0.4) is 0 Å². The molecule has 0 spiro atoms. The SMILES string of the molecule is CCOC(=O)c1nn(-c2ccccc2F)c(=O)c2c(NC(=O)c3cnccn3)scc12. The second-order valence-corrected chi connectivity index (χ2v) is 7.02. The molecule has 156 valence electrons. The predicted molar refractivity (Wildman–Crippen MR) is 111 cm³/mol. The number of benzene rings is 1. The normalized spacial score (nSPS) is 10.8. The van der Waals surface area contributed by atoms with E-state index in [2.05, 4.69) is 20.4 Å². The lowest BCUT2D eigenvalue weighted by atomic mass is 10.2. The van der Waals surface area contributed by atoms with Crippen LogP contribution in [0.5, 0.6) is 0 Å². The lowest BCUT2D eigenvalue weighted by molar-refractivity contribution is 0.0519. The van der Waals surface area contributed by atoms with Crippen molar-refractivity contribution >= 4 is 39.0 Å². The summed E-state index contributed by atoms with van der Waals surface area (Å²) in [4.78, 5) is 46.0. The van der Waals surface area contributed by atoms with E-state index in [1.54, 1.807) is 6.92 Å². The monoisotopic (exact) mass is 439 g/mol. The Hall–Kier alpha value is -3.99.